The second-order valence-corrected chi connectivity index (χ2v) is 6.31. The van der Waals surface area contributed by atoms with E-state index in [4.69, 9.17) is 11.6 Å². The highest BCUT2D eigenvalue weighted by Crippen LogP contribution is 2.28. The van der Waals surface area contributed by atoms with Crippen LogP contribution in [0.5, 0.6) is 0 Å². The normalized spacial score (nSPS) is 12.4. The van der Waals surface area contributed by atoms with Crippen LogP contribution in [-0.4, -0.2) is 9.97 Å². The van der Waals surface area contributed by atoms with Crippen LogP contribution in [-0.2, 0) is 6.42 Å². The van der Waals surface area contributed by atoms with Crippen LogP contribution in [0.2, 0.25) is 5.02 Å². The molecule has 0 bridgehead atoms. The van der Waals surface area contributed by atoms with Gasteiger partial charge in [-0.2, -0.15) is 0 Å². The van der Waals surface area contributed by atoms with Gasteiger partial charge in [0.1, 0.15) is 10.8 Å². The molecule has 2 rings (SSSR count). The Labute approximate surface area is 124 Å². The summed E-state index contributed by atoms with van der Waals surface area (Å²) in [7, 11) is 0. The van der Waals surface area contributed by atoms with E-state index < -0.39 is 0 Å². The van der Waals surface area contributed by atoms with Crippen molar-refractivity contribution in [1.82, 2.24) is 9.97 Å². The third-order valence-corrected chi connectivity index (χ3v) is 4.59. The molecule has 1 N–H and O–H groups in total. The predicted molar refractivity (Wildman–Crippen MR) is 80.5 cm³/mol. The minimum atomic E-state index is 0.125. The standard InChI is InChI=1S/C12H13BrClN3S/c1-3-9-6-16-12(18-9)7(2)17-11-10(13)4-8(14)5-15-11/h4-7H,3H2,1-2H3,(H,15,17). The van der Waals surface area contributed by atoms with Crippen molar-refractivity contribution in [3.8, 4) is 0 Å². The van der Waals surface area contributed by atoms with E-state index >= 15 is 0 Å². The molecular weight excluding hydrogens is 334 g/mol. The van der Waals surface area contributed by atoms with Gasteiger partial charge in [-0.25, -0.2) is 9.97 Å². The Balaban J connectivity index is 2.13. The smallest absolute Gasteiger partial charge is 0.140 e. The molecule has 2 aromatic rings. The summed E-state index contributed by atoms with van der Waals surface area (Å²) in [6, 6.07) is 1.95. The number of hydrogen-bond donors (Lipinski definition) is 1. The van der Waals surface area contributed by atoms with E-state index in [-0.39, 0.29) is 6.04 Å². The summed E-state index contributed by atoms with van der Waals surface area (Å²) in [5.74, 6) is 0.778. The zero-order chi connectivity index (χ0) is 13.1. The van der Waals surface area contributed by atoms with Crippen molar-refractivity contribution in [2.24, 2.45) is 0 Å². The molecule has 1 unspecified atom stereocenters. The van der Waals surface area contributed by atoms with E-state index in [0.29, 0.717) is 5.02 Å². The Morgan fingerprint density at radius 2 is 2.22 bits per heavy atom. The summed E-state index contributed by atoms with van der Waals surface area (Å²) in [6.45, 7) is 4.20. The summed E-state index contributed by atoms with van der Waals surface area (Å²) in [5, 5.41) is 5.00. The van der Waals surface area contributed by atoms with Crippen molar-refractivity contribution < 1.29 is 0 Å². The van der Waals surface area contributed by atoms with E-state index in [2.05, 4.69) is 45.1 Å². The largest absolute Gasteiger partial charge is 0.360 e. The Kier molecular flexibility index (Phi) is 4.59. The number of nitrogens with zero attached hydrogens (tertiary/aromatic N) is 2. The topological polar surface area (TPSA) is 37.8 Å². The summed E-state index contributed by atoms with van der Waals surface area (Å²) in [6.07, 6.45) is 4.58. The fourth-order valence-corrected chi connectivity index (χ4v) is 3.09. The number of nitrogens with one attached hydrogen (secondary N) is 1. The molecule has 0 aliphatic carbocycles. The summed E-state index contributed by atoms with van der Waals surface area (Å²) < 4.78 is 0.856. The van der Waals surface area contributed by atoms with Gasteiger partial charge in [0.25, 0.3) is 0 Å². The van der Waals surface area contributed by atoms with Gasteiger partial charge in [-0.05, 0) is 35.3 Å². The van der Waals surface area contributed by atoms with E-state index in [9.17, 15) is 0 Å². The molecule has 0 saturated heterocycles. The van der Waals surface area contributed by atoms with Gasteiger partial charge in [0.15, 0.2) is 0 Å². The van der Waals surface area contributed by atoms with Crippen molar-refractivity contribution in [2.45, 2.75) is 26.3 Å². The first kappa shape index (κ1) is 13.8. The minimum absolute atomic E-state index is 0.125. The molecule has 0 aliphatic rings. The second-order valence-electron chi connectivity index (χ2n) is 3.87. The van der Waals surface area contributed by atoms with Crippen LogP contribution < -0.4 is 5.32 Å². The van der Waals surface area contributed by atoms with Crippen LogP contribution in [0, 0.1) is 0 Å². The van der Waals surface area contributed by atoms with Crippen molar-refractivity contribution in [3.63, 3.8) is 0 Å². The maximum atomic E-state index is 5.86. The number of anilines is 1. The number of halogens is 2. The number of pyridine rings is 1. The van der Waals surface area contributed by atoms with E-state index in [1.54, 1.807) is 17.5 Å². The average molecular weight is 347 g/mol. The highest BCUT2D eigenvalue weighted by Gasteiger charge is 2.12. The summed E-state index contributed by atoms with van der Waals surface area (Å²) >= 11 is 11.0. The average Bonchev–Trinajstić information content (AvgIpc) is 2.81. The number of aryl methyl sites for hydroxylation is 1. The van der Waals surface area contributed by atoms with Gasteiger partial charge in [-0.3, -0.25) is 0 Å². The van der Waals surface area contributed by atoms with Gasteiger partial charge >= 0.3 is 0 Å². The first-order chi connectivity index (χ1) is 8.60. The molecule has 0 aromatic carbocycles. The molecule has 3 nitrogen and oxygen atoms in total. The molecule has 0 spiro atoms. The lowest BCUT2D eigenvalue weighted by Gasteiger charge is -2.13. The van der Waals surface area contributed by atoms with Gasteiger partial charge < -0.3 is 5.32 Å². The quantitative estimate of drug-likeness (QED) is 0.872. The monoisotopic (exact) mass is 345 g/mol. The predicted octanol–water partition coefficient (Wildman–Crippen LogP) is 4.69. The highest BCUT2D eigenvalue weighted by molar-refractivity contribution is 9.10. The van der Waals surface area contributed by atoms with Crippen molar-refractivity contribution in [2.75, 3.05) is 5.32 Å². The first-order valence-electron chi connectivity index (χ1n) is 5.62. The molecular formula is C12H13BrClN3S. The number of aromatic nitrogens is 2. The first-order valence-corrected chi connectivity index (χ1v) is 7.61. The van der Waals surface area contributed by atoms with Crippen LogP contribution in [0.1, 0.15) is 29.8 Å². The fourth-order valence-electron chi connectivity index (χ4n) is 1.47. The van der Waals surface area contributed by atoms with E-state index in [1.807, 2.05) is 12.3 Å². The van der Waals surface area contributed by atoms with Crippen molar-refractivity contribution >= 4 is 44.7 Å². The van der Waals surface area contributed by atoms with Crippen molar-refractivity contribution in [1.29, 1.82) is 0 Å². The molecule has 0 fully saturated rings. The maximum absolute atomic E-state index is 5.86. The van der Waals surface area contributed by atoms with Gasteiger partial charge in [-0.1, -0.05) is 18.5 Å². The molecule has 2 aromatic heterocycles. The van der Waals surface area contributed by atoms with E-state index in [0.717, 1.165) is 21.7 Å². The lowest BCUT2D eigenvalue weighted by Crippen LogP contribution is -2.07. The van der Waals surface area contributed by atoms with Crippen LogP contribution in [0.25, 0.3) is 0 Å². The molecule has 18 heavy (non-hydrogen) atoms. The lowest BCUT2D eigenvalue weighted by atomic mass is 10.3. The van der Waals surface area contributed by atoms with Crippen molar-refractivity contribution in [3.05, 3.63) is 37.8 Å². The zero-order valence-electron chi connectivity index (χ0n) is 10.1. The van der Waals surface area contributed by atoms with Gasteiger partial charge in [0.05, 0.1) is 15.5 Å². The highest BCUT2D eigenvalue weighted by atomic mass is 79.9. The summed E-state index contributed by atoms with van der Waals surface area (Å²) in [4.78, 5) is 9.97. The van der Waals surface area contributed by atoms with E-state index in [1.165, 1.54) is 4.88 Å². The Morgan fingerprint density at radius 3 is 2.83 bits per heavy atom. The third-order valence-electron chi connectivity index (χ3n) is 2.45. The molecule has 0 aliphatic heterocycles. The van der Waals surface area contributed by atoms with Gasteiger partial charge in [0.2, 0.25) is 0 Å². The zero-order valence-corrected chi connectivity index (χ0v) is 13.2. The molecule has 0 amide bonds. The second kappa shape index (κ2) is 5.99. The molecule has 2 heterocycles. The van der Waals surface area contributed by atoms with Gasteiger partial charge in [-0.15, -0.1) is 11.3 Å². The maximum Gasteiger partial charge on any atom is 0.140 e. The fraction of sp³-hybridized carbons (Fsp3) is 0.333. The Hall–Kier alpha value is -0.650. The minimum Gasteiger partial charge on any atom is -0.360 e. The molecule has 0 saturated carbocycles. The third kappa shape index (κ3) is 3.22. The van der Waals surface area contributed by atoms with Gasteiger partial charge in [0, 0.05) is 17.3 Å². The number of hydrogen-bond acceptors (Lipinski definition) is 4. The Bertz CT molecular complexity index is 544. The summed E-state index contributed by atoms with van der Waals surface area (Å²) in [5.41, 5.74) is 0. The molecule has 1 atom stereocenters. The van der Waals surface area contributed by atoms with Crippen LogP contribution in [0.3, 0.4) is 0 Å². The van der Waals surface area contributed by atoms with Crippen LogP contribution in [0.4, 0.5) is 5.82 Å². The molecule has 0 radical (unpaired) electrons. The number of rotatable bonds is 4. The lowest BCUT2D eigenvalue weighted by molar-refractivity contribution is 0.859. The Morgan fingerprint density at radius 1 is 1.44 bits per heavy atom. The molecule has 96 valence electrons. The SMILES string of the molecule is CCc1cnc(C(C)Nc2ncc(Cl)cc2Br)s1. The van der Waals surface area contributed by atoms with Crippen LogP contribution >= 0.6 is 38.9 Å². The van der Waals surface area contributed by atoms with Crippen LogP contribution in [0.15, 0.2) is 22.9 Å². The molecule has 6 heteroatoms. The number of thiazole rings is 1.